The zero-order valence-corrected chi connectivity index (χ0v) is 7.16. The van der Waals surface area contributed by atoms with Crippen LogP contribution in [-0.2, 0) is 9.53 Å². The molecule has 1 amide bonds. The molecule has 1 aliphatic rings. The molecule has 4 heteroatoms. The van der Waals surface area contributed by atoms with E-state index in [2.05, 4.69) is 0 Å². The molecular formula is C8H16N2O2. The molecule has 0 aromatic heterocycles. The standard InChI is InChI=1S/C8H16N2O2/c9-5-12-7-4-2-1-3-6(7)8(10)11/h6-7H,1-5,9H2,(H2,10,11). The van der Waals surface area contributed by atoms with Gasteiger partial charge in [0.15, 0.2) is 0 Å². The van der Waals surface area contributed by atoms with Gasteiger partial charge in [0.05, 0.1) is 18.8 Å². The summed E-state index contributed by atoms with van der Waals surface area (Å²) >= 11 is 0. The first-order valence-electron chi connectivity index (χ1n) is 4.36. The molecule has 0 bridgehead atoms. The molecule has 0 aromatic carbocycles. The van der Waals surface area contributed by atoms with Crippen molar-refractivity contribution in [2.45, 2.75) is 31.8 Å². The molecular weight excluding hydrogens is 156 g/mol. The Bertz CT molecular complexity index is 159. The van der Waals surface area contributed by atoms with Crippen LogP contribution < -0.4 is 11.5 Å². The van der Waals surface area contributed by atoms with Gasteiger partial charge >= 0.3 is 0 Å². The fourth-order valence-corrected chi connectivity index (χ4v) is 1.75. The first-order chi connectivity index (χ1) is 5.75. The second-order valence-electron chi connectivity index (χ2n) is 3.17. The minimum absolute atomic E-state index is 0.0405. The van der Waals surface area contributed by atoms with Crippen LogP contribution in [0.3, 0.4) is 0 Å². The van der Waals surface area contributed by atoms with E-state index < -0.39 is 0 Å². The highest BCUT2D eigenvalue weighted by Gasteiger charge is 2.29. The summed E-state index contributed by atoms with van der Waals surface area (Å²) in [7, 11) is 0. The fraction of sp³-hybridized carbons (Fsp3) is 0.875. The molecule has 0 radical (unpaired) electrons. The molecule has 0 saturated heterocycles. The van der Waals surface area contributed by atoms with Crippen LogP contribution in [0.25, 0.3) is 0 Å². The van der Waals surface area contributed by atoms with E-state index in [-0.39, 0.29) is 24.7 Å². The van der Waals surface area contributed by atoms with Gasteiger partial charge in [0, 0.05) is 0 Å². The van der Waals surface area contributed by atoms with Crippen LogP contribution in [0, 0.1) is 5.92 Å². The number of hydrogen-bond acceptors (Lipinski definition) is 3. The lowest BCUT2D eigenvalue weighted by Gasteiger charge is -2.28. The second-order valence-corrected chi connectivity index (χ2v) is 3.17. The van der Waals surface area contributed by atoms with Crippen molar-refractivity contribution in [3.8, 4) is 0 Å². The highest BCUT2D eigenvalue weighted by molar-refractivity contribution is 5.77. The number of primary amides is 1. The van der Waals surface area contributed by atoms with Crippen molar-refractivity contribution in [3.05, 3.63) is 0 Å². The molecule has 0 spiro atoms. The molecule has 70 valence electrons. The average molecular weight is 172 g/mol. The Kier molecular flexibility index (Phi) is 3.49. The predicted octanol–water partition coefficient (Wildman–Crippen LogP) is -0.0367. The first-order valence-corrected chi connectivity index (χ1v) is 4.36. The van der Waals surface area contributed by atoms with Gasteiger partial charge < -0.3 is 16.2 Å². The Hall–Kier alpha value is -0.610. The number of rotatable bonds is 3. The van der Waals surface area contributed by atoms with E-state index in [0.717, 1.165) is 25.7 Å². The van der Waals surface area contributed by atoms with Crippen LogP contribution in [0.5, 0.6) is 0 Å². The van der Waals surface area contributed by atoms with Gasteiger partial charge in [-0.05, 0) is 12.8 Å². The normalized spacial score (nSPS) is 30.1. The SMILES string of the molecule is NCOC1CCCCC1C(N)=O. The molecule has 0 aromatic rings. The van der Waals surface area contributed by atoms with E-state index in [1.807, 2.05) is 0 Å². The summed E-state index contributed by atoms with van der Waals surface area (Å²) in [6.07, 6.45) is 3.89. The Morgan fingerprint density at radius 3 is 2.67 bits per heavy atom. The van der Waals surface area contributed by atoms with E-state index in [9.17, 15) is 4.79 Å². The van der Waals surface area contributed by atoms with Gasteiger partial charge in [-0.15, -0.1) is 0 Å². The summed E-state index contributed by atoms with van der Waals surface area (Å²) in [4.78, 5) is 10.9. The number of hydrogen-bond donors (Lipinski definition) is 2. The van der Waals surface area contributed by atoms with Gasteiger partial charge in [0.1, 0.15) is 0 Å². The lowest BCUT2D eigenvalue weighted by Crippen LogP contribution is -2.38. The molecule has 2 atom stereocenters. The second kappa shape index (κ2) is 4.42. The summed E-state index contributed by atoms with van der Waals surface area (Å²) in [6.45, 7) is 0.175. The lowest BCUT2D eigenvalue weighted by molar-refractivity contribution is -0.129. The maximum atomic E-state index is 10.9. The Morgan fingerprint density at radius 2 is 2.08 bits per heavy atom. The smallest absolute Gasteiger partial charge is 0.223 e. The summed E-state index contributed by atoms with van der Waals surface area (Å²) in [5, 5.41) is 0. The maximum Gasteiger partial charge on any atom is 0.223 e. The Balaban J connectivity index is 2.48. The highest BCUT2D eigenvalue weighted by atomic mass is 16.5. The van der Waals surface area contributed by atoms with Crippen LogP contribution in [0.15, 0.2) is 0 Å². The number of carbonyl (C=O) groups is 1. The highest BCUT2D eigenvalue weighted by Crippen LogP contribution is 2.26. The quantitative estimate of drug-likeness (QED) is 0.586. The summed E-state index contributed by atoms with van der Waals surface area (Å²) in [5.74, 6) is -0.379. The van der Waals surface area contributed by atoms with Gasteiger partial charge in [-0.2, -0.15) is 0 Å². The third kappa shape index (κ3) is 2.19. The van der Waals surface area contributed by atoms with Crippen LogP contribution in [-0.4, -0.2) is 18.7 Å². The van der Waals surface area contributed by atoms with Crippen molar-refractivity contribution in [3.63, 3.8) is 0 Å². The van der Waals surface area contributed by atoms with E-state index >= 15 is 0 Å². The van der Waals surface area contributed by atoms with Crippen molar-refractivity contribution in [2.24, 2.45) is 17.4 Å². The van der Waals surface area contributed by atoms with E-state index in [4.69, 9.17) is 16.2 Å². The molecule has 4 N–H and O–H groups in total. The third-order valence-electron chi connectivity index (χ3n) is 2.38. The van der Waals surface area contributed by atoms with Crippen LogP contribution >= 0.6 is 0 Å². The maximum absolute atomic E-state index is 10.9. The van der Waals surface area contributed by atoms with Gasteiger partial charge in [-0.3, -0.25) is 4.79 Å². The number of ether oxygens (including phenoxy) is 1. The van der Waals surface area contributed by atoms with Crippen molar-refractivity contribution in [1.82, 2.24) is 0 Å². The molecule has 2 unspecified atom stereocenters. The fourth-order valence-electron chi connectivity index (χ4n) is 1.75. The Labute approximate surface area is 72.2 Å². The van der Waals surface area contributed by atoms with Crippen LogP contribution in [0.2, 0.25) is 0 Å². The number of amides is 1. The zero-order chi connectivity index (χ0) is 8.97. The molecule has 0 aliphatic heterocycles. The minimum Gasteiger partial charge on any atom is -0.369 e. The first kappa shape index (κ1) is 9.48. The number of carbonyl (C=O) groups excluding carboxylic acids is 1. The summed E-state index contributed by atoms with van der Waals surface area (Å²) in [5.41, 5.74) is 10.5. The predicted molar refractivity (Wildman–Crippen MR) is 45.1 cm³/mol. The summed E-state index contributed by atoms with van der Waals surface area (Å²) < 4.78 is 5.23. The van der Waals surface area contributed by atoms with Crippen LogP contribution in [0.4, 0.5) is 0 Å². The van der Waals surface area contributed by atoms with Crippen molar-refractivity contribution in [1.29, 1.82) is 0 Å². The molecule has 1 fully saturated rings. The Morgan fingerprint density at radius 1 is 1.42 bits per heavy atom. The van der Waals surface area contributed by atoms with Crippen molar-refractivity contribution >= 4 is 5.91 Å². The van der Waals surface area contributed by atoms with Crippen LogP contribution in [0.1, 0.15) is 25.7 Å². The molecule has 1 aliphatic carbocycles. The van der Waals surface area contributed by atoms with Crippen molar-refractivity contribution in [2.75, 3.05) is 6.73 Å². The molecule has 1 saturated carbocycles. The van der Waals surface area contributed by atoms with E-state index in [1.54, 1.807) is 0 Å². The molecule has 12 heavy (non-hydrogen) atoms. The van der Waals surface area contributed by atoms with Gasteiger partial charge in [-0.1, -0.05) is 12.8 Å². The number of nitrogens with two attached hydrogens (primary N) is 2. The molecule has 4 nitrogen and oxygen atoms in total. The third-order valence-corrected chi connectivity index (χ3v) is 2.38. The van der Waals surface area contributed by atoms with E-state index in [1.165, 1.54) is 0 Å². The molecule has 0 heterocycles. The topological polar surface area (TPSA) is 78.3 Å². The van der Waals surface area contributed by atoms with Gasteiger partial charge in [0.25, 0.3) is 0 Å². The monoisotopic (exact) mass is 172 g/mol. The zero-order valence-electron chi connectivity index (χ0n) is 7.16. The van der Waals surface area contributed by atoms with Crippen molar-refractivity contribution < 1.29 is 9.53 Å². The lowest BCUT2D eigenvalue weighted by atomic mass is 9.86. The summed E-state index contributed by atoms with van der Waals surface area (Å²) in [6, 6.07) is 0. The molecule has 1 rings (SSSR count). The average Bonchev–Trinajstić information content (AvgIpc) is 2.05. The largest absolute Gasteiger partial charge is 0.369 e. The van der Waals surface area contributed by atoms with E-state index in [0.29, 0.717) is 0 Å². The van der Waals surface area contributed by atoms with Gasteiger partial charge in [-0.25, -0.2) is 0 Å². The minimum atomic E-state index is -0.256. The van der Waals surface area contributed by atoms with Gasteiger partial charge in [0.2, 0.25) is 5.91 Å².